The van der Waals surface area contributed by atoms with E-state index in [2.05, 4.69) is 15.2 Å². The Morgan fingerprint density at radius 1 is 1.03 bits per heavy atom. The molecule has 0 radical (unpaired) electrons. The van der Waals surface area contributed by atoms with E-state index in [1.54, 1.807) is 42.5 Å². The molecule has 0 atom stereocenters. The lowest BCUT2D eigenvalue weighted by Crippen LogP contribution is -2.36. The van der Waals surface area contributed by atoms with Crippen LogP contribution in [0.1, 0.15) is 10.4 Å². The molecule has 0 aliphatic carbocycles. The summed E-state index contributed by atoms with van der Waals surface area (Å²) in [6.07, 6.45) is 0. The van der Waals surface area contributed by atoms with Gasteiger partial charge in [0.25, 0.3) is 11.6 Å². The second kappa shape index (κ2) is 8.95. The van der Waals surface area contributed by atoms with Crippen molar-refractivity contribution < 1.29 is 19.5 Å². The smallest absolute Gasteiger partial charge is 0.257 e. The fraction of sp³-hybridized carbons (Fsp3) is 0.200. The summed E-state index contributed by atoms with van der Waals surface area (Å²) in [6.45, 7) is 3.11. The molecule has 0 saturated carbocycles. The van der Waals surface area contributed by atoms with Crippen LogP contribution in [0.4, 0.5) is 17.1 Å². The molecule has 172 valence electrons. The summed E-state index contributed by atoms with van der Waals surface area (Å²) >= 11 is 0. The van der Waals surface area contributed by atoms with E-state index in [1.807, 2.05) is 24.3 Å². The second-order valence-corrected chi connectivity index (χ2v) is 8.10. The summed E-state index contributed by atoms with van der Waals surface area (Å²) in [5.41, 5.74) is 4.37. The van der Waals surface area contributed by atoms with Crippen LogP contribution in [0.25, 0.3) is 22.4 Å². The quantitative estimate of drug-likeness (QED) is 0.346. The Bertz CT molecular complexity index is 1360. The van der Waals surface area contributed by atoms with Gasteiger partial charge in [0.05, 0.1) is 18.7 Å². The van der Waals surface area contributed by atoms with Gasteiger partial charge in [-0.25, -0.2) is 4.98 Å². The number of aromatic nitrogens is 2. The maximum absolute atomic E-state index is 12.7. The van der Waals surface area contributed by atoms with Gasteiger partial charge in [0, 0.05) is 57.4 Å². The number of hydrogen-bond donors (Lipinski definition) is 2. The van der Waals surface area contributed by atoms with E-state index in [4.69, 9.17) is 4.74 Å². The topological polar surface area (TPSA) is 99.7 Å². The highest BCUT2D eigenvalue weighted by Crippen LogP contribution is 2.27. The van der Waals surface area contributed by atoms with Crippen LogP contribution in [0.2, 0.25) is 0 Å². The molecule has 5 rings (SSSR count). The van der Waals surface area contributed by atoms with Gasteiger partial charge in [0.2, 0.25) is 0 Å². The fourth-order valence-electron chi connectivity index (χ4n) is 3.99. The van der Waals surface area contributed by atoms with E-state index in [-0.39, 0.29) is 5.91 Å². The average molecular weight is 458 g/mol. The minimum atomic E-state index is -0.204. The van der Waals surface area contributed by atoms with Crippen molar-refractivity contribution in [2.75, 3.05) is 43.6 Å². The van der Waals surface area contributed by atoms with Crippen LogP contribution in [-0.2, 0) is 4.74 Å². The summed E-state index contributed by atoms with van der Waals surface area (Å²) in [7, 11) is 1.39. The molecule has 3 aromatic carbocycles. The minimum absolute atomic E-state index is 0.204. The van der Waals surface area contributed by atoms with E-state index in [9.17, 15) is 14.9 Å². The van der Waals surface area contributed by atoms with Crippen LogP contribution in [0.5, 0.6) is 0 Å². The molecule has 2 N–H and O–H groups in total. The van der Waals surface area contributed by atoms with Gasteiger partial charge in [-0.15, -0.1) is 0 Å². The zero-order chi connectivity index (χ0) is 23.7. The Kier molecular flexibility index (Phi) is 5.69. The number of imidazole rings is 1. The Morgan fingerprint density at radius 3 is 2.41 bits per heavy atom. The number of nitrogens with zero attached hydrogens (tertiary/aromatic N) is 4. The van der Waals surface area contributed by atoms with Crippen molar-refractivity contribution in [1.29, 1.82) is 0 Å². The predicted molar refractivity (Wildman–Crippen MR) is 129 cm³/mol. The first-order chi connectivity index (χ1) is 16.5. The number of anilines is 2. The Balaban J connectivity index is 1.30. The van der Waals surface area contributed by atoms with Gasteiger partial charge >= 0.3 is 0 Å². The molecule has 1 aliphatic rings. The summed E-state index contributed by atoms with van der Waals surface area (Å²) in [4.78, 5) is 30.9. The molecular weight excluding hydrogens is 434 g/mol. The zero-order valence-corrected chi connectivity index (χ0v) is 18.6. The third-order valence-corrected chi connectivity index (χ3v) is 5.88. The van der Waals surface area contributed by atoms with Crippen molar-refractivity contribution in [2.45, 2.75) is 0 Å². The number of nitroso groups, excluding NO2 is 1. The first-order valence-corrected chi connectivity index (χ1v) is 11.0. The summed E-state index contributed by atoms with van der Waals surface area (Å²) < 4.78 is 7.07. The van der Waals surface area contributed by atoms with E-state index < -0.39 is 0 Å². The molecule has 1 fully saturated rings. The maximum Gasteiger partial charge on any atom is 0.257 e. The largest absolute Gasteiger partial charge is 0.426 e. The zero-order valence-electron chi connectivity index (χ0n) is 18.6. The highest BCUT2D eigenvalue weighted by atomic mass is 16.5. The number of amides is 1. The number of rotatable bonds is 5. The number of hydrogen-bond acceptors (Lipinski definition) is 6. The Hall–Kier alpha value is -4.24. The second-order valence-electron chi connectivity index (χ2n) is 8.10. The van der Waals surface area contributed by atoms with Crippen molar-refractivity contribution in [1.82, 2.24) is 9.71 Å². The molecule has 1 aliphatic heterocycles. The molecule has 9 nitrogen and oxygen atoms in total. The maximum atomic E-state index is 12.7. The molecular formula is C25H24N5O4+. The van der Waals surface area contributed by atoms with Crippen LogP contribution in [0.15, 0.2) is 66.7 Å². The third kappa shape index (κ3) is 4.20. The molecule has 1 amide bonds. The van der Waals surface area contributed by atoms with E-state index >= 15 is 0 Å². The number of benzene rings is 3. The van der Waals surface area contributed by atoms with E-state index in [0.29, 0.717) is 52.6 Å². The lowest BCUT2D eigenvalue weighted by molar-refractivity contribution is -0.428. The summed E-state index contributed by atoms with van der Waals surface area (Å²) in [6, 6.07) is 19.5. The van der Waals surface area contributed by atoms with Gasteiger partial charge in [-0.05, 0) is 54.6 Å². The van der Waals surface area contributed by atoms with Crippen molar-refractivity contribution >= 4 is 34.0 Å². The number of nitrogens with one attached hydrogen (secondary N) is 1. The highest BCUT2D eigenvalue weighted by molar-refractivity contribution is 6.04. The molecule has 9 heteroatoms. The van der Waals surface area contributed by atoms with Gasteiger partial charge < -0.3 is 20.2 Å². The average Bonchev–Trinajstić information content (AvgIpc) is 3.21. The molecule has 0 spiro atoms. The Labute approximate surface area is 195 Å². The van der Waals surface area contributed by atoms with Crippen molar-refractivity contribution in [3.63, 3.8) is 0 Å². The predicted octanol–water partition coefficient (Wildman–Crippen LogP) is 4.07. The van der Waals surface area contributed by atoms with Crippen LogP contribution in [0.3, 0.4) is 0 Å². The lowest BCUT2D eigenvalue weighted by atomic mass is 10.1. The number of ether oxygens (including phenoxy) is 1. The SMILES string of the molecule is C[N+](=O)c1ccc2nc(-c3ccc(NC(=O)c4ccc(N5CCOCC5)cc4)cc3)n(O)c2c1. The van der Waals surface area contributed by atoms with Gasteiger partial charge in [-0.3, -0.25) is 4.79 Å². The summed E-state index contributed by atoms with van der Waals surface area (Å²) in [5, 5.41) is 13.5. The molecule has 4 aromatic rings. The molecule has 1 saturated heterocycles. The van der Waals surface area contributed by atoms with E-state index in [1.165, 1.54) is 7.05 Å². The van der Waals surface area contributed by atoms with Crippen molar-refractivity contribution in [2.24, 2.45) is 0 Å². The Morgan fingerprint density at radius 2 is 1.74 bits per heavy atom. The number of carbonyl (C=O) groups is 1. The van der Waals surface area contributed by atoms with Gasteiger partial charge in [0.15, 0.2) is 12.9 Å². The number of carbonyl (C=O) groups excluding carboxylic acids is 1. The fourth-order valence-corrected chi connectivity index (χ4v) is 3.99. The van der Waals surface area contributed by atoms with Gasteiger partial charge in [-0.1, -0.05) is 0 Å². The molecule has 0 unspecified atom stereocenters. The van der Waals surface area contributed by atoms with Crippen molar-refractivity contribution in [3.05, 3.63) is 77.2 Å². The monoisotopic (exact) mass is 458 g/mol. The van der Waals surface area contributed by atoms with Crippen LogP contribution >= 0.6 is 0 Å². The lowest BCUT2D eigenvalue weighted by Gasteiger charge is -2.28. The number of fused-ring (bicyclic) bond motifs is 1. The van der Waals surface area contributed by atoms with Gasteiger partial charge in [0.1, 0.15) is 5.52 Å². The van der Waals surface area contributed by atoms with E-state index in [0.717, 1.165) is 28.3 Å². The standard InChI is InChI=1S/C25H23N5O4/c1-28(32)21-10-11-22-23(16-21)30(33)24(27-22)17-2-6-19(7-3-17)26-25(31)18-4-8-20(9-5-18)29-12-14-34-15-13-29/h2-11,16H,12-15H2,1H3,(H-,26,27,31,32,33)/p+1. The first kappa shape index (κ1) is 21.6. The highest BCUT2D eigenvalue weighted by Gasteiger charge is 2.17. The molecule has 2 heterocycles. The first-order valence-electron chi connectivity index (χ1n) is 11.0. The number of morpholine rings is 1. The van der Waals surface area contributed by atoms with Crippen LogP contribution < -0.4 is 10.2 Å². The van der Waals surface area contributed by atoms with Crippen LogP contribution in [-0.4, -0.2) is 58.9 Å². The minimum Gasteiger partial charge on any atom is -0.426 e. The van der Waals surface area contributed by atoms with Crippen molar-refractivity contribution in [3.8, 4) is 11.4 Å². The molecule has 1 aromatic heterocycles. The molecule has 34 heavy (non-hydrogen) atoms. The normalized spacial score (nSPS) is 13.7. The molecule has 0 bridgehead atoms. The third-order valence-electron chi connectivity index (χ3n) is 5.88. The van der Waals surface area contributed by atoms with Crippen LogP contribution in [0, 0.1) is 4.91 Å². The van der Waals surface area contributed by atoms with Gasteiger partial charge in [-0.2, -0.15) is 4.73 Å². The summed E-state index contributed by atoms with van der Waals surface area (Å²) in [5.74, 6) is 0.141.